The minimum atomic E-state index is -0.330. The van der Waals surface area contributed by atoms with Crippen LogP contribution in [0.3, 0.4) is 0 Å². The van der Waals surface area contributed by atoms with Gasteiger partial charge in [0.2, 0.25) is 5.91 Å². The van der Waals surface area contributed by atoms with Crippen LogP contribution in [0.1, 0.15) is 72.1 Å². The van der Waals surface area contributed by atoms with Crippen LogP contribution in [-0.4, -0.2) is 71.3 Å². The zero-order valence-corrected chi connectivity index (χ0v) is 19.0. The summed E-state index contributed by atoms with van der Waals surface area (Å²) in [4.78, 5) is 33.8. The highest BCUT2D eigenvalue weighted by Crippen LogP contribution is 2.25. The van der Waals surface area contributed by atoms with Crippen LogP contribution in [0.25, 0.3) is 0 Å². The SMILES string of the molecule is CCCN(CCC(C)CC)C(=O)CN=C1CCC/C1=C(/N)C(=O)N1CCC(O)CC1. The van der Waals surface area contributed by atoms with Gasteiger partial charge in [-0.3, -0.25) is 14.6 Å². The number of aliphatic hydroxyl groups excluding tert-OH is 1. The van der Waals surface area contributed by atoms with Gasteiger partial charge in [0.05, 0.1) is 6.10 Å². The average molecular weight is 421 g/mol. The summed E-state index contributed by atoms with van der Waals surface area (Å²) in [5.74, 6) is 0.488. The molecular weight excluding hydrogens is 380 g/mol. The molecular formula is C23H40N4O3. The normalized spacial score (nSPS) is 21.7. The second-order valence-electron chi connectivity index (χ2n) is 8.71. The van der Waals surface area contributed by atoms with Crippen LogP contribution < -0.4 is 5.73 Å². The summed E-state index contributed by atoms with van der Waals surface area (Å²) in [6.45, 7) is 9.18. The van der Waals surface area contributed by atoms with Crippen molar-refractivity contribution in [2.75, 3.05) is 32.7 Å². The van der Waals surface area contributed by atoms with Gasteiger partial charge in [0.25, 0.3) is 5.91 Å². The Morgan fingerprint density at radius 2 is 1.93 bits per heavy atom. The number of nitrogens with zero attached hydrogens (tertiary/aromatic N) is 3. The minimum absolute atomic E-state index is 0.0498. The predicted molar refractivity (Wildman–Crippen MR) is 120 cm³/mol. The molecule has 1 saturated heterocycles. The van der Waals surface area contributed by atoms with Gasteiger partial charge in [-0.2, -0.15) is 0 Å². The summed E-state index contributed by atoms with van der Waals surface area (Å²) < 4.78 is 0. The van der Waals surface area contributed by atoms with E-state index in [0.29, 0.717) is 31.8 Å². The third-order valence-electron chi connectivity index (χ3n) is 6.34. The number of hydrogen-bond donors (Lipinski definition) is 2. The van der Waals surface area contributed by atoms with Gasteiger partial charge in [0.1, 0.15) is 12.2 Å². The van der Waals surface area contributed by atoms with Crippen molar-refractivity contribution in [3.63, 3.8) is 0 Å². The molecule has 0 spiro atoms. The summed E-state index contributed by atoms with van der Waals surface area (Å²) in [5.41, 5.74) is 8.12. The first kappa shape index (κ1) is 24.4. The first-order valence-electron chi connectivity index (χ1n) is 11.6. The summed E-state index contributed by atoms with van der Waals surface area (Å²) in [6, 6.07) is 0. The van der Waals surface area contributed by atoms with E-state index in [1.54, 1.807) is 4.90 Å². The van der Waals surface area contributed by atoms with E-state index in [9.17, 15) is 14.7 Å². The lowest BCUT2D eigenvalue weighted by Gasteiger charge is -2.30. The van der Waals surface area contributed by atoms with Crippen LogP contribution in [-0.2, 0) is 9.59 Å². The van der Waals surface area contributed by atoms with Gasteiger partial charge in [-0.15, -0.1) is 0 Å². The zero-order valence-electron chi connectivity index (χ0n) is 19.0. The van der Waals surface area contributed by atoms with Crippen molar-refractivity contribution >= 4 is 17.5 Å². The number of carbonyl (C=O) groups is 2. The average Bonchev–Trinajstić information content (AvgIpc) is 3.22. The monoisotopic (exact) mass is 420 g/mol. The Hall–Kier alpha value is -1.89. The number of piperidine rings is 1. The fourth-order valence-electron chi connectivity index (χ4n) is 4.04. The number of aliphatic imine (C=N–C) groups is 1. The van der Waals surface area contributed by atoms with E-state index >= 15 is 0 Å². The highest BCUT2D eigenvalue weighted by atomic mass is 16.3. The molecule has 0 aromatic heterocycles. The molecule has 0 bridgehead atoms. The van der Waals surface area contributed by atoms with Gasteiger partial charge in [-0.1, -0.05) is 27.2 Å². The number of aliphatic hydroxyl groups is 1. The topological polar surface area (TPSA) is 99.2 Å². The number of rotatable bonds is 9. The summed E-state index contributed by atoms with van der Waals surface area (Å²) in [5, 5.41) is 9.65. The molecule has 7 nitrogen and oxygen atoms in total. The Morgan fingerprint density at radius 1 is 1.23 bits per heavy atom. The van der Waals surface area contributed by atoms with E-state index in [-0.39, 0.29) is 30.2 Å². The van der Waals surface area contributed by atoms with Gasteiger partial charge in [0, 0.05) is 37.5 Å². The molecule has 1 atom stereocenters. The van der Waals surface area contributed by atoms with Crippen LogP contribution >= 0.6 is 0 Å². The van der Waals surface area contributed by atoms with Crippen molar-refractivity contribution in [3.05, 3.63) is 11.3 Å². The maximum atomic E-state index is 12.8. The van der Waals surface area contributed by atoms with Crippen molar-refractivity contribution in [3.8, 4) is 0 Å². The molecule has 1 aliphatic heterocycles. The molecule has 7 heteroatoms. The number of amides is 2. The van der Waals surface area contributed by atoms with E-state index in [0.717, 1.165) is 62.9 Å². The molecule has 0 aromatic rings. The van der Waals surface area contributed by atoms with Crippen LogP contribution in [0.5, 0.6) is 0 Å². The predicted octanol–water partition coefficient (Wildman–Crippen LogP) is 2.48. The summed E-state index contributed by atoms with van der Waals surface area (Å²) in [7, 11) is 0. The standard InChI is InChI=1S/C23H40N4O3/c1-4-12-26(13-9-17(3)5-2)21(29)16-25-20-8-6-7-19(20)22(24)23(30)27-14-10-18(28)11-15-27/h17-18,28H,4-16,24H2,1-3H3/b22-19-,25-20?. The maximum absolute atomic E-state index is 12.8. The van der Waals surface area contributed by atoms with Crippen molar-refractivity contribution < 1.29 is 14.7 Å². The smallest absolute Gasteiger partial charge is 0.270 e. The molecule has 170 valence electrons. The summed E-state index contributed by atoms with van der Waals surface area (Å²) in [6.07, 6.45) is 6.31. The minimum Gasteiger partial charge on any atom is -0.394 e. The zero-order chi connectivity index (χ0) is 22.1. The maximum Gasteiger partial charge on any atom is 0.270 e. The molecule has 1 heterocycles. The lowest BCUT2D eigenvalue weighted by atomic mass is 10.1. The van der Waals surface area contributed by atoms with Crippen LogP contribution in [0.4, 0.5) is 0 Å². The van der Waals surface area contributed by atoms with Crippen LogP contribution in [0.2, 0.25) is 0 Å². The highest BCUT2D eigenvalue weighted by Gasteiger charge is 2.27. The molecule has 1 aliphatic carbocycles. The molecule has 2 aliphatic rings. The Balaban J connectivity index is 2.02. The molecule has 2 rings (SSSR count). The second-order valence-corrected chi connectivity index (χ2v) is 8.71. The number of nitrogens with two attached hydrogens (primary N) is 1. The van der Waals surface area contributed by atoms with Crippen LogP contribution in [0.15, 0.2) is 16.3 Å². The second kappa shape index (κ2) is 12.1. The van der Waals surface area contributed by atoms with Crippen molar-refractivity contribution in [2.45, 2.75) is 78.2 Å². The molecule has 0 aromatic carbocycles. The van der Waals surface area contributed by atoms with Gasteiger partial charge >= 0.3 is 0 Å². The number of allylic oxidation sites excluding steroid dienone is 1. The lowest BCUT2D eigenvalue weighted by molar-refractivity contribution is -0.130. The molecule has 0 radical (unpaired) electrons. The van der Waals surface area contributed by atoms with Gasteiger partial charge in [-0.25, -0.2) is 0 Å². The Morgan fingerprint density at radius 3 is 2.57 bits per heavy atom. The van der Waals surface area contributed by atoms with Gasteiger partial charge in [0.15, 0.2) is 0 Å². The highest BCUT2D eigenvalue weighted by molar-refractivity contribution is 6.09. The largest absolute Gasteiger partial charge is 0.394 e. The first-order valence-corrected chi connectivity index (χ1v) is 11.6. The van der Waals surface area contributed by atoms with E-state index in [1.165, 1.54) is 0 Å². The van der Waals surface area contributed by atoms with E-state index in [1.807, 2.05) is 4.90 Å². The van der Waals surface area contributed by atoms with E-state index in [2.05, 4.69) is 25.8 Å². The fourth-order valence-corrected chi connectivity index (χ4v) is 4.04. The van der Waals surface area contributed by atoms with Crippen LogP contribution in [0, 0.1) is 5.92 Å². The Bertz CT molecular complexity index is 651. The summed E-state index contributed by atoms with van der Waals surface area (Å²) >= 11 is 0. The van der Waals surface area contributed by atoms with E-state index in [4.69, 9.17) is 5.73 Å². The van der Waals surface area contributed by atoms with Crippen molar-refractivity contribution in [2.24, 2.45) is 16.6 Å². The molecule has 30 heavy (non-hydrogen) atoms. The quantitative estimate of drug-likeness (QED) is 0.560. The van der Waals surface area contributed by atoms with Gasteiger partial charge in [-0.05, 0) is 50.9 Å². The molecule has 2 amide bonds. The number of carbonyl (C=O) groups excluding carboxylic acids is 2. The fraction of sp³-hybridized carbons (Fsp3) is 0.783. The molecule has 1 saturated carbocycles. The third-order valence-corrected chi connectivity index (χ3v) is 6.34. The molecule has 1 unspecified atom stereocenters. The Labute approximate surface area is 181 Å². The third kappa shape index (κ3) is 6.83. The molecule has 3 N–H and O–H groups in total. The van der Waals surface area contributed by atoms with Gasteiger partial charge < -0.3 is 20.6 Å². The number of likely N-dealkylation sites (tertiary alicyclic amines) is 1. The van der Waals surface area contributed by atoms with Crippen molar-refractivity contribution in [1.29, 1.82) is 0 Å². The first-order chi connectivity index (χ1) is 14.4. The van der Waals surface area contributed by atoms with Crippen molar-refractivity contribution in [1.82, 2.24) is 9.80 Å². The van der Waals surface area contributed by atoms with E-state index < -0.39 is 0 Å². The molecule has 2 fully saturated rings. The number of hydrogen-bond acceptors (Lipinski definition) is 5. The Kier molecular flexibility index (Phi) is 9.82. The lowest BCUT2D eigenvalue weighted by Crippen LogP contribution is -2.42.